The van der Waals surface area contributed by atoms with Gasteiger partial charge in [-0.05, 0) is 41.8 Å². The van der Waals surface area contributed by atoms with E-state index in [2.05, 4.69) is 4.99 Å². The third kappa shape index (κ3) is 4.03. The minimum Gasteiger partial charge on any atom is -0.507 e. The monoisotopic (exact) mass is 313 g/mol. The number of phenols is 1. The van der Waals surface area contributed by atoms with Crippen molar-refractivity contribution in [1.82, 2.24) is 0 Å². The van der Waals surface area contributed by atoms with E-state index in [9.17, 15) is 5.11 Å². The van der Waals surface area contributed by atoms with Crippen LogP contribution in [0.5, 0.6) is 17.2 Å². The highest BCUT2D eigenvalue weighted by molar-refractivity contribution is 5.87. The van der Waals surface area contributed by atoms with Gasteiger partial charge in [0.25, 0.3) is 0 Å². The van der Waals surface area contributed by atoms with Gasteiger partial charge in [-0.15, -0.1) is 0 Å². The van der Waals surface area contributed by atoms with Crippen LogP contribution in [0.4, 0.5) is 5.69 Å². The van der Waals surface area contributed by atoms with Crippen LogP contribution in [0.15, 0.2) is 41.4 Å². The molecule has 122 valence electrons. The largest absolute Gasteiger partial charge is 0.507 e. The van der Waals surface area contributed by atoms with Crippen molar-refractivity contribution in [3.8, 4) is 17.2 Å². The fourth-order valence-corrected chi connectivity index (χ4v) is 2.23. The molecule has 2 aromatic carbocycles. The Morgan fingerprint density at radius 1 is 0.957 bits per heavy atom. The van der Waals surface area contributed by atoms with Gasteiger partial charge in [-0.3, -0.25) is 4.99 Å². The van der Waals surface area contributed by atoms with Gasteiger partial charge in [0.1, 0.15) is 17.2 Å². The van der Waals surface area contributed by atoms with Crippen LogP contribution in [-0.4, -0.2) is 25.5 Å². The minimum atomic E-state index is -0.193. The summed E-state index contributed by atoms with van der Waals surface area (Å²) in [5, 5.41) is 10.5. The third-order valence-corrected chi connectivity index (χ3v) is 3.58. The van der Waals surface area contributed by atoms with Crippen LogP contribution >= 0.6 is 0 Å². The molecule has 0 bridgehead atoms. The first-order valence-corrected chi connectivity index (χ1v) is 7.44. The second kappa shape index (κ2) is 6.73. The number of hydrogen-bond donors (Lipinski definition) is 1. The number of hydrogen-bond acceptors (Lipinski definition) is 4. The number of methoxy groups -OCH3 is 2. The van der Waals surface area contributed by atoms with Crippen molar-refractivity contribution in [1.29, 1.82) is 0 Å². The van der Waals surface area contributed by atoms with Crippen molar-refractivity contribution in [2.45, 2.75) is 26.2 Å². The van der Waals surface area contributed by atoms with Crippen molar-refractivity contribution in [2.75, 3.05) is 14.2 Å². The quantitative estimate of drug-likeness (QED) is 0.848. The van der Waals surface area contributed by atoms with Gasteiger partial charge in [0.05, 0.1) is 19.9 Å². The van der Waals surface area contributed by atoms with Crippen molar-refractivity contribution >= 4 is 11.9 Å². The SMILES string of the molecule is COc1ccc(N=Cc2cc(OC)cc(C(C)(C)C)c2O)cc1. The number of rotatable bonds is 4. The molecule has 2 rings (SSSR count). The third-order valence-electron chi connectivity index (χ3n) is 3.58. The maximum absolute atomic E-state index is 10.5. The Labute approximate surface area is 137 Å². The van der Waals surface area contributed by atoms with Gasteiger partial charge in [0, 0.05) is 17.3 Å². The Hall–Kier alpha value is -2.49. The summed E-state index contributed by atoms with van der Waals surface area (Å²) in [6, 6.07) is 11.0. The average molecular weight is 313 g/mol. The number of phenolic OH excluding ortho intramolecular Hbond substituents is 1. The highest BCUT2D eigenvalue weighted by atomic mass is 16.5. The van der Waals surface area contributed by atoms with E-state index in [0.717, 1.165) is 17.0 Å². The zero-order valence-corrected chi connectivity index (χ0v) is 14.3. The van der Waals surface area contributed by atoms with Crippen LogP contribution in [0.3, 0.4) is 0 Å². The summed E-state index contributed by atoms with van der Waals surface area (Å²) >= 11 is 0. The van der Waals surface area contributed by atoms with E-state index in [-0.39, 0.29) is 11.2 Å². The standard InChI is InChI=1S/C19H23NO3/c1-19(2,3)17-11-16(23-5)10-13(18(17)21)12-20-14-6-8-15(22-4)9-7-14/h6-12,21H,1-5H3. The molecule has 0 aliphatic heterocycles. The average Bonchev–Trinajstić information content (AvgIpc) is 2.53. The summed E-state index contributed by atoms with van der Waals surface area (Å²) in [6.45, 7) is 6.14. The second-order valence-electron chi connectivity index (χ2n) is 6.32. The molecular weight excluding hydrogens is 290 g/mol. The van der Waals surface area contributed by atoms with E-state index in [0.29, 0.717) is 11.3 Å². The lowest BCUT2D eigenvalue weighted by molar-refractivity contribution is 0.405. The molecule has 0 saturated heterocycles. The molecule has 0 saturated carbocycles. The molecule has 0 radical (unpaired) electrons. The summed E-state index contributed by atoms with van der Waals surface area (Å²) in [4.78, 5) is 4.42. The fourth-order valence-electron chi connectivity index (χ4n) is 2.23. The first-order chi connectivity index (χ1) is 10.8. The number of ether oxygens (including phenoxy) is 2. The summed E-state index contributed by atoms with van der Waals surface area (Å²) in [6.07, 6.45) is 1.65. The molecule has 4 heteroatoms. The van der Waals surface area contributed by atoms with Gasteiger partial charge in [-0.2, -0.15) is 0 Å². The molecule has 1 N–H and O–H groups in total. The van der Waals surface area contributed by atoms with Gasteiger partial charge in [-0.1, -0.05) is 20.8 Å². The Morgan fingerprint density at radius 3 is 2.09 bits per heavy atom. The predicted octanol–water partition coefficient (Wildman–Crippen LogP) is 4.46. The van der Waals surface area contributed by atoms with Crippen LogP contribution in [-0.2, 0) is 5.41 Å². The van der Waals surface area contributed by atoms with E-state index in [1.165, 1.54) is 0 Å². The predicted molar refractivity (Wildman–Crippen MR) is 93.6 cm³/mol. The summed E-state index contributed by atoms with van der Waals surface area (Å²) < 4.78 is 10.5. The second-order valence-corrected chi connectivity index (χ2v) is 6.32. The lowest BCUT2D eigenvalue weighted by atomic mass is 9.85. The number of aliphatic imine (C=N–C) groups is 1. The number of nitrogens with zero attached hydrogens (tertiary/aromatic N) is 1. The van der Waals surface area contributed by atoms with E-state index < -0.39 is 0 Å². The summed E-state index contributed by atoms with van der Waals surface area (Å²) in [5.74, 6) is 1.71. The molecule has 2 aromatic rings. The van der Waals surface area contributed by atoms with Crippen LogP contribution in [0, 0.1) is 0 Å². The van der Waals surface area contributed by atoms with Crippen molar-refractivity contribution < 1.29 is 14.6 Å². The molecule has 0 aliphatic rings. The van der Waals surface area contributed by atoms with E-state index in [1.54, 1.807) is 26.5 Å². The molecule has 4 nitrogen and oxygen atoms in total. The van der Waals surface area contributed by atoms with Gasteiger partial charge in [0.2, 0.25) is 0 Å². The Morgan fingerprint density at radius 2 is 1.57 bits per heavy atom. The minimum absolute atomic E-state index is 0.193. The highest BCUT2D eigenvalue weighted by Crippen LogP contribution is 2.36. The first kappa shape index (κ1) is 16.9. The number of aromatic hydroxyl groups is 1. The van der Waals surface area contributed by atoms with Crippen LogP contribution < -0.4 is 9.47 Å². The molecule has 0 atom stereocenters. The lowest BCUT2D eigenvalue weighted by Crippen LogP contribution is -2.12. The molecule has 0 heterocycles. The smallest absolute Gasteiger partial charge is 0.128 e. The molecule has 23 heavy (non-hydrogen) atoms. The van der Waals surface area contributed by atoms with Crippen LogP contribution in [0.25, 0.3) is 0 Å². The lowest BCUT2D eigenvalue weighted by Gasteiger charge is -2.22. The van der Waals surface area contributed by atoms with Crippen molar-refractivity contribution in [3.63, 3.8) is 0 Å². The van der Waals surface area contributed by atoms with Crippen molar-refractivity contribution in [3.05, 3.63) is 47.5 Å². The number of benzene rings is 2. The first-order valence-electron chi connectivity index (χ1n) is 7.44. The maximum atomic E-state index is 10.5. The molecule has 0 unspecified atom stereocenters. The summed E-state index contributed by atoms with van der Waals surface area (Å²) in [7, 11) is 3.24. The van der Waals surface area contributed by atoms with Crippen LogP contribution in [0.2, 0.25) is 0 Å². The molecule has 0 amide bonds. The fraction of sp³-hybridized carbons (Fsp3) is 0.316. The summed E-state index contributed by atoms with van der Waals surface area (Å²) in [5.41, 5.74) is 2.05. The topological polar surface area (TPSA) is 51.0 Å². The highest BCUT2D eigenvalue weighted by Gasteiger charge is 2.21. The molecule has 0 spiro atoms. The maximum Gasteiger partial charge on any atom is 0.128 e. The molecule has 0 aromatic heterocycles. The van der Waals surface area contributed by atoms with E-state index in [4.69, 9.17) is 9.47 Å². The van der Waals surface area contributed by atoms with Gasteiger partial charge < -0.3 is 14.6 Å². The van der Waals surface area contributed by atoms with E-state index in [1.807, 2.05) is 51.1 Å². The Kier molecular flexibility index (Phi) is 4.94. The molecule has 0 aliphatic carbocycles. The zero-order chi connectivity index (χ0) is 17.0. The Balaban J connectivity index is 2.39. The normalized spacial score (nSPS) is 11.7. The molecule has 0 fully saturated rings. The zero-order valence-electron chi connectivity index (χ0n) is 14.3. The Bertz CT molecular complexity index is 698. The van der Waals surface area contributed by atoms with Gasteiger partial charge in [0.15, 0.2) is 0 Å². The van der Waals surface area contributed by atoms with Crippen LogP contribution in [0.1, 0.15) is 31.9 Å². The van der Waals surface area contributed by atoms with Gasteiger partial charge >= 0.3 is 0 Å². The van der Waals surface area contributed by atoms with Crippen molar-refractivity contribution in [2.24, 2.45) is 4.99 Å². The molecular formula is C19H23NO3. The van der Waals surface area contributed by atoms with E-state index >= 15 is 0 Å². The van der Waals surface area contributed by atoms with Gasteiger partial charge in [-0.25, -0.2) is 0 Å².